The molecule has 118 valence electrons. The summed E-state index contributed by atoms with van der Waals surface area (Å²) < 4.78 is 5.16. The average molecular weight is 405 g/mol. The fraction of sp³-hybridized carbons (Fsp3) is 0.533. The number of nitrogens with one attached hydrogen (secondary N) is 2. The van der Waals surface area contributed by atoms with E-state index in [1.165, 1.54) is 12.8 Å². The van der Waals surface area contributed by atoms with Crippen LogP contribution in [0.5, 0.6) is 5.75 Å². The number of methoxy groups -OCH3 is 1. The molecular weight excluding hydrogens is 381 g/mol. The summed E-state index contributed by atoms with van der Waals surface area (Å²) >= 11 is 0. The van der Waals surface area contributed by atoms with E-state index in [9.17, 15) is 5.11 Å². The third-order valence-corrected chi connectivity index (χ3v) is 3.16. The zero-order valence-corrected chi connectivity index (χ0v) is 14.8. The number of benzene rings is 1. The smallest absolute Gasteiger partial charge is 0.191 e. The Bertz CT molecular complexity index is 464. The summed E-state index contributed by atoms with van der Waals surface area (Å²) in [7, 11) is 1.62. The fourth-order valence-electron chi connectivity index (χ4n) is 1.87. The molecule has 5 nitrogen and oxygen atoms in total. The molecule has 1 aliphatic rings. The fourth-order valence-corrected chi connectivity index (χ4v) is 1.87. The molecule has 1 aromatic rings. The molecule has 0 saturated heterocycles. The second-order valence-corrected chi connectivity index (χ2v) is 4.93. The van der Waals surface area contributed by atoms with Crippen LogP contribution in [0.2, 0.25) is 0 Å². The molecule has 1 unspecified atom stereocenters. The molecular formula is C15H24IN3O2. The van der Waals surface area contributed by atoms with Crippen molar-refractivity contribution in [2.45, 2.75) is 31.9 Å². The molecule has 1 atom stereocenters. The number of ether oxygens (including phenoxy) is 1. The van der Waals surface area contributed by atoms with Gasteiger partial charge in [0.1, 0.15) is 5.75 Å². The molecule has 21 heavy (non-hydrogen) atoms. The minimum absolute atomic E-state index is 0. The van der Waals surface area contributed by atoms with Crippen molar-refractivity contribution < 1.29 is 9.84 Å². The summed E-state index contributed by atoms with van der Waals surface area (Å²) in [4.78, 5) is 4.43. The van der Waals surface area contributed by atoms with Gasteiger partial charge in [-0.05, 0) is 37.5 Å². The summed E-state index contributed by atoms with van der Waals surface area (Å²) in [6, 6.07) is 7.99. The first-order valence-corrected chi connectivity index (χ1v) is 7.09. The van der Waals surface area contributed by atoms with Crippen LogP contribution < -0.4 is 15.4 Å². The van der Waals surface area contributed by atoms with E-state index in [4.69, 9.17) is 4.74 Å². The summed E-state index contributed by atoms with van der Waals surface area (Å²) in [5, 5.41) is 16.7. The molecule has 0 aliphatic heterocycles. The topological polar surface area (TPSA) is 65.9 Å². The predicted molar refractivity (Wildman–Crippen MR) is 95.5 cm³/mol. The Morgan fingerprint density at radius 2 is 2.24 bits per heavy atom. The first kappa shape index (κ1) is 18.0. The maximum atomic E-state index is 10.2. The second-order valence-electron chi connectivity index (χ2n) is 4.93. The second kappa shape index (κ2) is 9.09. The first-order valence-electron chi connectivity index (χ1n) is 7.09. The SMILES string of the molecule is CCNC(=NCC(O)c1cccc(OC)c1)NC1CC1.I. The van der Waals surface area contributed by atoms with Crippen molar-refractivity contribution in [3.05, 3.63) is 29.8 Å². The van der Waals surface area contributed by atoms with Crippen molar-refractivity contribution in [2.75, 3.05) is 20.2 Å². The van der Waals surface area contributed by atoms with Crippen LogP contribution in [0.3, 0.4) is 0 Å². The highest BCUT2D eigenvalue weighted by atomic mass is 127. The maximum absolute atomic E-state index is 10.2. The van der Waals surface area contributed by atoms with Gasteiger partial charge in [-0.3, -0.25) is 4.99 Å². The van der Waals surface area contributed by atoms with E-state index >= 15 is 0 Å². The van der Waals surface area contributed by atoms with Crippen LogP contribution in [0.25, 0.3) is 0 Å². The molecule has 0 aromatic heterocycles. The third-order valence-electron chi connectivity index (χ3n) is 3.16. The van der Waals surface area contributed by atoms with Crippen molar-refractivity contribution in [3.63, 3.8) is 0 Å². The summed E-state index contributed by atoms with van der Waals surface area (Å²) in [5.74, 6) is 1.52. The zero-order chi connectivity index (χ0) is 14.4. The van der Waals surface area contributed by atoms with Gasteiger partial charge in [0.2, 0.25) is 0 Å². The molecule has 0 amide bonds. The van der Waals surface area contributed by atoms with Crippen molar-refractivity contribution >= 4 is 29.9 Å². The van der Waals surface area contributed by atoms with Crippen molar-refractivity contribution in [1.82, 2.24) is 10.6 Å². The molecule has 2 rings (SSSR count). The summed E-state index contributed by atoms with van der Waals surface area (Å²) in [5.41, 5.74) is 0.815. The molecule has 0 spiro atoms. The Kier molecular flexibility index (Phi) is 7.81. The Labute approximate surface area is 143 Å². The molecule has 0 heterocycles. The van der Waals surface area contributed by atoms with Gasteiger partial charge in [-0.2, -0.15) is 0 Å². The molecule has 0 bridgehead atoms. The van der Waals surface area contributed by atoms with Crippen molar-refractivity contribution in [2.24, 2.45) is 4.99 Å². The standard InChI is InChI=1S/C15H23N3O2.HI/c1-3-16-15(18-12-7-8-12)17-10-14(19)11-5-4-6-13(9-11)20-2;/h4-6,9,12,14,19H,3,7-8,10H2,1-2H3,(H2,16,17,18);1H. The number of aliphatic imine (C=N–C) groups is 1. The maximum Gasteiger partial charge on any atom is 0.191 e. The van der Waals surface area contributed by atoms with Crippen LogP contribution in [-0.4, -0.2) is 37.3 Å². The molecule has 1 aliphatic carbocycles. The van der Waals surface area contributed by atoms with Crippen LogP contribution >= 0.6 is 24.0 Å². The molecule has 1 fully saturated rings. The number of aliphatic hydroxyl groups excluding tert-OH is 1. The van der Waals surface area contributed by atoms with Gasteiger partial charge in [-0.15, -0.1) is 24.0 Å². The Morgan fingerprint density at radius 3 is 2.86 bits per heavy atom. The van der Waals surface area contributed by atoms with E-state index in [0.717, 1.165) is 23.8 Å². The van der Waals surface area contributed by atoms with E-state index < -0.39 is 6.10 Å². The van der Waals surface area contributed by atoms with Crippen LogP contribution in [0, 0.1) is 0 Å². The van der Waals surface area contributed by atoms with Gasteiger partial charge in [0, 0.05) is 12.6 Å². The number of guanidine groups is 1. The summed E-state index contributed by atoms with van der Waals surface area (Å²) in [6.07, 6.45) is 1.77. The lowest BCUT2D eigenvalue weighted by Gasteiger charge is -2.13. The van der Waals surface area contributed by atoms with Crippen LogP contribution in [-0.2, 0) is 0 Å². The van der Waals surface area contributed by atoms with Crippen molar-refractivity contribution in [1.29, 1.82) is 0 Å². The highest BCUT2D eigenvalue weighted by Crippen LogP contribution is 2.20. The minimum Gasteiger partial charge on any atom is -0.497 e. The molecule has 1 aromatic carbocycles. The van der Waals surface area contributed by atoms with Gasteiger partial charge in [0.25, 0.3) is 0 Å². The van der Waals surface area contributed by atoms with Crippen LogP contribution in [0.15, 0.2) is 29.3 Å². The quantitative estimate of drug-likeness (QED) is 0.385. The Balaban J connectivity index is 0.00000220. The zero-order valence-electron chi connectivity index (χ0n) is 12.5. The van der Waals surface area contributed by atoms with E-state index in [-0.39, 0.29) is 24.0 Å². The highest BCUT2D eigenvalue weighted by Gasteiger charge is 2.22. The van der Waals surface area contributed by atoms with Crippen LogP contribution in [0.4, 0.5) is 0 Å². The molecule has 3 N–H and O–H groups in total. The number of hydrogen-bond donors (Lipinski definition) is 3. The lowest BCUT2D eigenvalue weighted by atomic mass is 10.1. The van der Waals surface area contributed by atoms with E-state index in [1.807, 2.05) is 31.2 Å². The number of aliphatic hydroxyl groups is 1. The summed E-state index contributed by atoms with van der Waals surface area (Å²) in [6.45, 7) is 3.17. The Morgan fingerprint density at radius 1 is 1.48 bits per heavy atom. The first-order chi connectivity index (χ1) is 9.72. The minimum atomic E-state index is -0.625. The molecule has 1 saturated carbocycles. The normalized spacial score (nSPS) is 15.9. The molecule has 0 radical (unpaired) electrons. The Hall–Kier alpha value is -1.02. The van der Waals surface area contributed by atoms with Gasteiger partial charge in [-0.25, -0.2) is 0 Å². The van der Waals surface area contributed by atoms with E-state index in [1.54, 1.807) is 7.11 Å². The lowest BCUT2D eigenvalue weighted by molar-refractivity contribution is 0.186. The van der Waals surface area contributed by atoms with Gasteiger partial charge >= 0.3 is 0 Å². The number of nitrogens with zero attached hydrogens (tertiary/aromatic N) is 1. The van der Waals surface area contributed by atoms with Crippen LogP contribution in [0.1, 0.15) is 31.4 Å². The third kappa shape index (κ3) is 6.09. The highest BCUT2D eigenvalue weighted by molar-refractivity contribution is 14.0. The largest absolute Gasteiger partial charge is 0.497 e. The average Bonchev–Trinajstić information content (AvgIpc) is 3.28. The van der Waals surface area contributed by atoms with Gasteiger partial charge in [0.05, 0.1) is 19.8 Å². The van der Waals surface area contributed by atoms with Crippen molar-refractivity contribution in [3.8, 4) is 5.75 Å². The predicted octanol–water partition coefficient (Wildman–Crippen LogP) is 2.06. The van der Waals surface area contributed by atoms with E-state index in [0.29, 0.717) is 12.6 Å². The lowest BCUT2D eigenvalue weighted by Crippen LogP contribution is -2.38. The number of halogens is 1. The number of hydrogen-bond acceptors (Lipinski definition) is 3. The van der Waals surface area contributed by atoms with Gasteiger partial charge in [-0.1, -0.05) is 12.1 Å². The number of rotatable bonds is 6. The van der Waals surface area contributed by atoms with E-state index in [2.05, 4.69) is 15.6 Å². The monoisotopic (exact) mass is 405 g/mol. The molecule has 6 heteroatoms. The van der Waals surface area contributed by atoms with Gasteiger partial charge < -0.3 is 20.5 Å². The van der Waals surface area contributed by atoms with Gasteiger partial charge in [0.15, 0.2) is 5.96 Å².